The van der Waals surface area contributed by atoms with E-state index in [1.807, 2.05) is 13.8 Å². The van der Waals surface area contributed by atoms with Gasteiger partial charge in [0.2, 0.25) is 0 Å². The molecule has 5 heteroatoms. The summed E-state index contributed by atoms with van der Waals surface area (Å²) in [4.78, 5) is 0. The molecule has 0 aliphatic carbocycles. The Morgan fingerprint density at radius 1 is 1.00 bits per heavy atom. The Kier molecular flexibility index (Phi) is 50.3. The third-order valence-electron chi connectivity index (χ3n) is 0.447. The fraction of sp³-hybridized carbons (Fsp3) is 1.00. The molecular weight excluding hydrogens is 232 g/mol. The molecule has 70 valence electrons. The average molecular weight is 248 g/mol. The minimum atomic E-state index is -2.03. The molecular formula is C6H16MoO4. The Labute approximate surface area is 75.8 Å². The first kappa shape index (κ1) is 17.3. The van der Waals surface area contributed by atoms with E-state index in [1.165, 1.54) is 0 Å². The first-order valence-electron chi connectivity index (χ1n) is 3.38. The monoisotopic (exact) mass is 250 g/mol. The zero-order valence-electron chi connectivity index (χ0n) is 6.95. The van der Waals surface area contributed by atoms with Crippen molar-refractivity contribution < 1.29 is 35.5 Å². The van der Waals surface area contributed by atoms with E-state index in [-0.39, 0.29) is 0 Å². The van der Waals surface area contributed by atoms with Gasteiger partial charge in [-0.1, -0.05) is 13.8 Å². The van der Waals surface area contributed by atoms with Crippen molar-refractivity contribution in [2.24, 2.45) is 0 Å². The van der Waals surface area contributed by atoms with Crippen LogP contribution in [0.3, 0.4) is 0 Å². The number of rotatable bonds is 2. The van der Waals surface area contributed by atoms with E-state index in [2.05, 4.69) is 0 Å². The summed E-state index contributed by atoms with van der Waals surface area (Å²) in [5.41, 5.74) is 0. The van der Waals surface area contributed by atoms with Crippen LogP contribution in [0.15, 0.2) is 0 Å². The van der Waals surface area contributed by atoms with E-state index >= 15 is 0 Å². The van der Waals surface area contributed by atoms with E-state index in [0.717, 1.165) is 12.8 Å². The van der Waals surface area contributed by atoms with E-state index in [1.54, 1.807) is 0 Å². The second kappa shape index (κ2) is 31.9. The average Bonchev–Trinajstić information content (AvgIpc) is 2.06. The first-order chi connectivity index (χ1) is 5.24. The predicted octanol–water partition coefficient (Wildman–Crippen LogP) is 0.537. The number of aliphatic hydroxyl groups excluding tert-OH is 2. The summed E-state index contributed by atoms with van der Waals surface area (Å²) in [5, 5.41) is 15.8. The van der Waals surface area contributed by atoms with Crippen LogP contribution in [0, 0.1) is 0 Å². The maximum absolute atomic E-state index is 8.50. The van der Waals surface area contributed by atoms with E-state index < -0.39 is 18.5 Å². The molecule has 0 aliphatic heterocycles. The zero-order chi connectivity index (χ0) is 9.54. The van der Waals surface area contributed by atoms with Crippen LogP contribution in [0.25, 0.3) is 0 Å². The Morgan fingerprint density at radius 2 is 1.09 bits per heavy atom. The van der Waals surface area contributed by atoms with Crippen LogP contribution < -0.4 is 0 Å². The molecule has 0 saturated carbocycles. The molecule has 0 saturated heterocycles. The Hall–Kier alpha value is 0.208. The van der Waals surface area contributed by atoms with Crippen LogP contribution in [0.5, 0.6) is 0 Å². The molecule has 0 rings (SSSR count). The van der Waals surface area contributed by atoms with Gasteiger partial charge >= 0.3 is 25.3 Å². The Balaban J connectivity index is -0.0000000886. The number of hydrogen-bond acceptors (Lipinski definition) is 4. The molecule has 0 aromatic carbocycles. The van der Waals surface area contributed by atoms with Gasteiger partial charge in [-0.25, -0.2) is 0 Å². The summed E-state index contributed by atoms with van der Waals surface area (Å²) < 4.78 is 17.0. The third kappa shape index (κ3) is 141. The van der Waals surface area contributed by atoms with Crippen molar-refractivity contribution in [1.29, 1.82) is 0 Å². The van der Waals surface area contributed by atoms with Crippen LogP contribution >= 0.6 is 0 Å². The SMILES string of the molecule is CCCO.CCCO.[O]=[Mo]=[O]. The summed E-state index contributed by atoms with van der Waals surface area (Å²) in [6.07, 6.45) is 1.75. The molecule has 0 aromatic heterocycles. The van der Waals surface area contributed by atoms with Crippen LogP contribution in [0.4, 0.5) is 0 Å². The molecule has 0 spiro atoms. The van der Waals surface area contributed by atoms with Crippen molar-refractivity contribution in [1.82, 2.24) is 0 Å². The van der Waals surface area contributed by atoms with Gasteiger partial charge in [-0.2, -0.15) is 0 Å². The van der Waals surface area contributed by atoms with Crippen molar-refractivity contribution in [3.05, 3.63) is 0 Å². The molecule has 4 nitrogen and oxygen atoms in total. The summed E-state index contributed by atoms with van der Waals surface area (Å²) in [6.45, 7) is 4.50. The van der Waals surface area contributed by atoms with Crippen molar-refractivity contribution in [2.45, 2.75) is 26.7 Å². The van der Waals surface area contributed by atoms with Gasteiger partial charge in [-0.05, 0) is 12.8 Å². The molecule has 0 bridgehead atoms. The topological polar surface area (TPSA) is 74.6 Å². The van der Waals surface area contributed by atoms with Gasteiger partial charge in [0.1, 0.15) is 0 Å². The fourth-order valence-electron chi connectivity index (χ4n) is 0. The number of aliphatic hydroxyl groups is 2. The summed E-state index contributed by atoms with van der Waals surface area (Å²) >= 11 is -2.03. The quantitative estimate of drug-likeness (QED) is 0.699. The Morgan fingerprint density at radius 3 is 1.09 bits per heavy atom. The molecule has 0 heterocycles. The molecule has 0 fully saturated rings. The minimum absolute atomic E-state index is 0.319. The molecule has 0 radical (unpaired) electrons. The summed E-state index contributed by atoms with van der Waals surface area (Å²) in [6, 6.07) is 0. The van der Waals surface area contributed by atoms with Crippen molar-refractivity contribution in [3.8, 4) is 0 Å². The summed E-state index contributed by atoms with van der Waals surface area (Å²) in [5.74, 6) is 0. The predicted molar refractivity (Wildman–Crippen MR) is 36.1 cm³/mol. The van der Waals surface area contributed by atoms with Crippen molar-refractivity contribution in [3.63, 3.8) is 0 Å². The third-order valence-corrected chi connectivity index (χ3v) is 0.447. The van der Waals surface area contributed by atoms with Crippen LogP contribution in [-0.4, -0.2) is 23.4 Å². The van der Waals surface area contributed by atoms with Gasteiger partial charge in [-0.15, -0.1) is 0 Å². The molecule has 2 N–H and O–H groups in total. The van der Waals surface area contributed by atoms with Crippen LogP contribution in [-0.2, 0) is 25.3 Å². The molecule has 0 unspecified atom stereocenters. The zero-order valence-corrected chi connectivity index (χ0v) is 8.95. The van der Waals surface area contributed by atoms with Crippen molar-refractivity contribution in [2.75, 3.05) is 13.2 Å². The normalized spacial score (nSPS) is 6.55. The molecule has 0 aliphatic rings. The maximum atomic E-state index is 8.50. The van der Waals surface area contributed by atoms with Gasteiger partial charge in [-0.3, -0.25) is 0 Å². The van der Waals surface area contributed by atoms with Crippen LogP contribution in [0.1, 0.15) is 26.7 Å². The van der Waals surface area contributed by atoms with Gasteiger partial charge in [0.05, 0.1) is 0 Å². The second-order valence-corrected chi connectivity index (χ2v) is 1.85. The van der Waals surface area contributed by atoms with Crippen molar-refractivity contribution >= 4 is 0 Å². The first-order valence-corrected chi connectivity index (χ1v) is 5.02. The van der Waals surface area contributed by atoms with Gasteiger partial charge in [0, 0.05) is 13.2 Å². The second-order valence-electron chi connectivity index (χ2n) is 1.52. The molecule has 11 heavy (non-hydrogen) atoms. The number of hydrogen-bond donors (Lipinski definition) is 2. The standard InChI is InChI=1S/2C3H8O.Mo.2O/c2*1-2-3-4;;;/h2*4H,2-3H2,1H3;;;. The molecule has 0 atom stereocenters. The fourth-order valence-corrected chi connectivity index (χ4v) is 0. The summed E-state index contributed by atoms with van der Waals surface area (Å²) in [7, 11) is 0. The van der Waals surface area contributed by atoms with Crippen LogP contribution in [0.2, 0.25) is 0 Å². The molecule has 0 aromatic rings. The molecule has 0 amide bonds. The van der Waals surface area contributed by atoms with Gasteiger partial charge in [0.15, 0.2) is 0 Å². The Bertz CT molecular complexity index is 63.0. The van der Waals surface area contributed by atoms with Gasteiger partial charge < -0.3 is 10.2 Å². The van der Waals surface area contributed by atoms with Gasteiger partial charge in [0.25, 0.3) is 0 Å². The van der Waals surface area contributed by atoms with E-state index in [4.69, 9.17) is 17.0 Å². The van der Waals surface area contributed by atoms with E-state index in [0.29, 0.717) is 13.2 Å². The van der Waals surface area contributed by atoms with E-state index in [9.17, 15) is 0 Å².